The maximum Gasteiger partial charge on any atom is 0.228 e. The van der Waals surface area contributed by atoms with E-state index in [2.05, 4.69) is 37.4 Å². The summed E-state index contributed by atoms with van der Waals surface area (Å²) in [5.41, 5.74) is 8.82. The van der Waals surface area contributed by atoms with Crippen LogP contribution in [0, 0.1) is 5.92 Å². The van der Waals surface area contributed by atoms with E-state index in [9.17, 15) is 4.79 Å². The molecule has 1 aromatic carbocycles. The van der Waals surface area contributed by atoms with Gasteiger partial charge in [0.15, 0.2) is 0 Å². The number of hydrogen-bond acceptors (Lipinski definition) is 2. The topological polar surface area (TPSA) is 55.1 Å². The standard InChI is InChI=1S/C14H22N2O/c1-4-11-6-7-12(5-2)13(8-11)16-14(17)10(3)9-15/h6-8,10H,4-5,9,15H2,1-3H3,(H,16,17). The van der Waals surface area contributed by atoms with Crippen molar-refractivity contribution < 1.29 is 4.79 Å². The third kappa shape index (κ3) is 3.56. The summed E-state index contributed by atoms with van der Waals surface area (Å²) in [4.78, 5) is 11.8. The van der Waals surface area contributed by atoms with Gasteiger partial charge in [-0.15, -0.1) is 0 Å². The molecule has 0 saturated carbocycles. The predicted molar refractivity (Wildman–Crippen MR) is 72.0 cm³/mol. The molecule has 1 aromatic rings. The Bertz CT molecular complexity index is 388. The van der Waals surface area contributed by atoms with E-state index in [4.69, 9.17) is 5.73 Å². The summed E-state index contributed by atoms with van der Waals surface area (Å²) in [5.74, 6) is -0.152. The molecule has 1 unspecified atom stereocenters. The van der Waals surface area contributed by atoms with Crippen LogP contribution in [0.3, 0.4) is 0 Å². The molecule has 3 N–H and O–H groups in total. The zero-order valence-electron chi connectivity index (χ0n) is 10.9. The average Bonchev–Trinajstić information content (AvgIpc) is 2.37. The van der Waals surface area contributed by atoms with Gasteiger partial charge in [0, 0.05) is 18.2 Å². The highest BCUT2D eigenvalue weighted by Crippen LogP contribution is 2.19. The lowest BCUT2D eigenvalue weighted by Gasteiger charge is -2.14. The Labute approximate surface area is 103 Å². The van der Waals surface area contributed by atoms with Gasteiger partial charge in [0.05, 0.1) is 0 Å². The Morgan fingerprint density at radius 3 is 2.59 bits per heavy atom. The number of anilines is 1. The SMILES string of the molecule is CCc1ccc(CC)c(NC(=O)C(C)CN)c1. The first-order valence-corrected chi connectivity index (χ1v) is 6.25. The van der Waals surface area contributed by atoms with Crippen LogP contribution in [0.5, 0.6) is 0 Å². The second-order valence-electron chi connectivity index (χ2n) is 4.32. The lowest BCUT2D eigenvalue weighted by atomic mass is 10.0. The zero-order valence-corrected chi connectivity index (χ0v) is 10.9. The molecular weight excluding hydrogens is 212 g/mol. The highest BCUT2D eigenvalue weighted by Gasteiger charge is 2.12. The number of benzene rings is 1. The molecule has 0 radical (unpaired) electrons. The van der Waals surface area contributed by atoms with Crippen molar-refractivity contribution in [2.24, 2.45) is 11.7 Å². The minimum absolute atomic E-state index is 0.00421. The van der Waals surface area contributed by atoms with E-state index in [0.717, 1.165) is 18.5 Å². The third-order valence-corrected chi connectivity index (χ3v) is 3.02. The summed E-state index contributed by atoms with van der Waals surface area (Å²) < 4.78 is 0. The Balaban J connectivity index is 2.91. The summed E-state index contributed by atoms with van der Waals surface area (Å²) in [6.07, 6.45) is 1.88. The number of nitrogens with one attached hydrogen (secondary N) is 1. The Morgan fingerprint density at radius 2 is 2.06 bits per heavy atom. The summed E-state index contributed by atoms with van der Waals surface area (Å²) in [6, 6.07) is 6.25. The molecule has 17 heavy (non-hydrogen) atoms. The molecule has 0 spiro atoms. The molecule has 94 valence electrons. The number of hydrogen-bond donors (Lipinski definition) is 2. The predicted octanol–water partition coefficient (Wildman–Crippen LogP) is 2.34. The lowest BCUT2D eigenvalue weighted by molar-refractivity contribution is -0.119. The first-order valence-electron chi connectivity index (χ1n) is 6.25. The fourth-order valence-corrected chi connectivity index (χ4v) is 1.63. The van der Waals surface area contributed by atoms with Crippen molar-refractivity contribution in [3.8, 4) is 0 Å². The molecule has 0 aliphatic rings. The van der Waals surface area contributed by atoms with E-state index in [1.807, 2.05) is 6.92 Å². The molecular formula is C14H22N2O. The van der Waals surface area contributed by atoms with Crippen LogP contribution in [-0.4, -0.2) is 12.5 Å². The van der Waals surface area contributed by atoms with Crippen molar-refractivity contribution in [2.45, 2.75) is 33.6 Å². The maximum absolute atomic E-state index is 11.8. The van der Waals surface area contributed by atoms with Crippen molar-refractivity contribution in [3.63, 3.8) is 0 Å². The maximum atomic E-state index is 11.8. The third-order valence-electron chi connectivity index (χ3n) is 3.02. The van der Waals surface area contributed by atoms with Gasteiger partial charge in [-0.25, -0.2) is 0 Å². The highest BCUT2D eigenvalue weighted by molar-refractivity contribution is 5.93. The van der Waals surface area contributed by atoms with Gasteiger partial charge in [-0.05, 0) is 30.0 Å². The monoisotopic (exact) mass is 234 g/mol. The van der Waals surface area contributed by atoms with Crippen LogP contribution < -0.4 is 11.1 Å². The molecule has 0 aliphatic heterocycles. The van der Waals surface area contributed by atoms with Gasteiger partial charge in [-0.3, -0.25) is 4.79 Å². The molecule has 0 fully saturated rings. The highest BCUT2D eigenvalue weighted by atomic mass is 16.1. The van der Waals surface area contributed by atoms with Crippen molar-refractivity contribution in [1.82, 2.24) is 0 Å². The second kappa shape index (κ2) is 6.40. The summed E-state index contributed by atoms with van der Waals surface area (Å²) >= 11 is 0. The number of aryl methyl sites for hydroxylation is 2. The number of carbonyl (C=O) groups excluding carboxylic acids is 1. The minimum Gasteiger partial charge on any atom is -0.330 e. The molecule has 0 heterocycles. The fraction of sp³-hybridized carbons (Fsp3) is 0.500. The molecule has 0 aliphatic carbocycles. The largest absolute Gasteiger partial charge is 0.330 e. The van der Waals surface area contributed by atoms with Gasteiger partial charge in [-0.2, -0.15) is 0 Å². The van der Waals surface area contributed by atoms with Gasteiger partial charge in [0.25, 0.3) is 0 Å². The molecule has 0 aromatic heterocycles. The number of amides is 1. The normalized spacial score (nSPS) is 12.2. The van der Waals surface area contributed by atoms with E-state index in [-0.39, 0.29) is 11.8 Å². The lowest BCUT2D eigenvalue weighted by Crippen LogP contribution is -2.27. The van der Waals surface area contributed by atoms with Crippen LogP contribution >= 0.6 is 0 Å². The summed E-state index contributed by atoms with van der Waals surface area (Å²) in [7, 11) is 0. The molecule has 3 nitrogen and oxygen atoms in total. The summed E-state index contributed by atoms with van der Waals surface area (Å²) in [6.45, 7) is 6.41. The fourth-order valence-electron chi connectivity index (χ4n) is 1.63. The van der Waals surface area contributed by atoms with Crippen LogP contribution in [0.1, 0.15) is 31.9 Å². The van der Waals surface area contributed by atoms with Crippen LogP contribution in [0.2, 0.25) is 0 Å². The smallest absolute Gasteiger partial charge is 0.228 e. The van der Waals surface area contributed by atoms with Crippen LogP contribution in [-0.2, 0) is 17.6 Å². The van der Waals surface area contributed by atoms with E-state index in [1.54, 1.807) is 0 Å². The Morgan fingerprint density at radius 1 is 1.35 bits per heavy atom. The van der Waals surface area contributed by atoms with Crippen molar-refractivity contribution in [1.29, 1.82) is 0 Å². The molecule has 0 saturated heterocycles. The Hall–Kier alpha value is -1.35. The van der Waals surface area contributed by atoms with E-state index >= 15 is 0 Å². The second-order valence-corrected chi connectivity index (χ2v) is 4.32. The quantitative estimate of drug-likeness (QED) is 0.821. The van der Waals surface area contributed by atoms with Crippen LogP contribution in [0.4, 0.5) is 5.69 Å². The van der Waals surface area contributed by atoms with Gasteiger partial charge in [0.1, 0.15) is 0 Å². The van der Waals surface area contributed by atoms with Gasteiger partial charge < -0.3 is 11.1 Å². The number of carbonyl (C=O) groups is 1. The molecule has 3 heteroatoms. The van der Waals surface area contributed by atoms with Gasteiger partial charge >= 0.3 is 0 Å². The minimum atomic E-state index is -0.148. The summed E-state index contributed by atoms with van der Waals surface area (Å²) in [5, 5.41) is 2.97. The number of rotatable bonds is 5. The number of nitrogens with two attached hydrogens (primary N) is 1. The van der Waals surface area contributed by atoms with Crippen LogP contribution in [0.15, 0.2) is 18.2 Å². The van der Waals surface area contributed by atoms with E-state index < -0.39 is 0 Å². The van der Waals surface area contributed by atoms with Crippen LogP contribution in [0.25, 0.3) is 0 Å². The van der Waals surface area contributed by atoms with Crippen molar-refractivity contribution in [3.05, 3.63) is 29.3 Å². The molecule has 1 amide bonds. The van der Waals surface area contributed by atoms with Crippen molar-refractivity contribution >= 4 is 11.6 Å². The molecule has 1 rings (SSSR count). The first kappa shape index (κ1) is 13.7. The Kier molecular flexibility index (Phi) is 5.16. The van der Waals surface area contributed by atoms with Gasteiger partial charge in [-0.1, -0.05) is 32.9 Å². The average molecular weight is 234 g/mol. The van der Waals surface area contributed by atoms with E-state index in [0.29, 0.717) is 6.54 Å². The molecule has 1 atom stereocenters. The first-order chi connectivity index (χ1) is 8.12. The zero-order chi connectivity index (χ0) is 12.8. The van der Waals surface area contributed by atoms with E-state index in [1.165, 1.54) is 11.1 Å². The molecule has 0 bridgehead atoms. The van der Waals surface area contributed by atoms with Crippen molar-refractivity contribution in [2.75, 3.05) is 11.9 Å². The van der Waals surface area contributed by atoms with Gasteiger partial charge in [0.2, 0.25) is 5.91 Å².